The molecule has 2 saturated heterocycles. The van der Waals surface area contributed by atoms with Crippen LogP contribution in [0.3, 0.4) is 0 Å². The van der Waals surface area contributed by atoms with Crippen LogP contribution in [-0.2, 0) is 4.79 Å². The van der Waals surface area contributed by atoms with E-state index in [0.29, 0.717) is 31.7 Å². The average Bonchev–Trinajstić information content (AvgIpc) is 3.09. The molecule has 0 aromatic heterocycles. The number of nitrogens with one attached hydrogen (secondary N) is 1. The number of piperazine rings is 1. The summed E-state index contributed by atoms with van der Waals surface area (Å²) < 4.78 is 0.963. The van der Waals surface area contributed by atoms with Crippen LogP contribution in [0.4, 0.5) is 0 Å². The molecule has 0 aliphatic carbocycles. The van der Waals surface area contributed by atoms with Crippen LogP contribution in [0.25, 0.3) is 0 Å². The summed E-state index contributed by atoms with van der Waals surface area (Å²) in [5.41, 5.74) is 0.697. The number of hydrogen-bond donors (Lipinski definition) is 1. The highest BCUT2D eigenvalue weighted by Crippen LogP contribution is 2.16. The van der Waals surface area contributed by atoms with Crippen molar-refractivity contribution in [2.24, 2.45) is 5.92 Å². The van der Waals surface area contributed by atoms with E-state index in [1.165, 1.54) is 0 Å². The fourth-order valence-corrected chi connectivity index (χ4v) is 3.29. The molecule has 2 aliphatic rings. The van der Waals surface area contributed by atoms with E-state index in [2.05, 4.69) is 21.2 Å². The van der Waals surface area contributed by atoms with Gasteiger partial charge < -0.3 is 15.1 Å². The van der Waals surface area contributed by atoms with Gasteiger partial charge in [0.15, 0.2) is 0 Å². The normalized spacial score (nSPS) is 21.0. The molecule has 23 heavy (non-hydrogen) atoms. The van der Waals surface area contributed by atoms with Gasteiger partial charge in [-0.15, -0.1) is 12.4 Å². The Bertz CT molecular complexity index is 553. The standard InChI is InChI=1S/C16H20BrN3O2.ClH/c17-14-3-1-12(2-4-14)15(21)19-7-9-20(10-8-19)16(22)13-5-6-18-11-13;/h1-4,13,18H,5-11H2;1H. The number of hydrogen-bond acceptors (Lipinski definition) is 3. The summed E-state index contributed by atoms with van der Waals surface area (Å²) in [6.45, 7) is 4.21. The quantitative estimate of drug-likeness (QED) is 0.820. The van der Waals surface area contributed by atoms with E-state index in [0.717, 1.165) is 24.0 Å². The van der Waals surface area contributed by atoms with E-state index < -0.39 is 0 Å². The summed E-state index contributed by atoms with van der Waals surface area (Å²) in [5, 5.41) is 3.23. The number of benzene rings is 1. The van der Waals surface area contributed by atoms with Crippen LogP contribution in [0.1, 0.15) is 16.8 Å². The molecule has 0 radical (unpaired) electrons. The molecule has 0 spiro atoms. The molecule has 1 N–H and O–H groups in total. The fourth-order valence-electron chi connectivity index (χ4n) is 3.03. The van der Waals surface area contributed by atoms with Crippen LogP contribution in [-0.4, -0.2) is 60.9 Å². The van der Waals surface area contributed by atoms with Crippen LogP contribution < -0.4 is 5.32 Å². The van der Waals surface area contributed by atoms with Gasteiger partial charge in [0.25, 0.3) is 5.91 Å². The Kier molecular flexibility index (Phi) is 6.44. The number of amides is 2. The van der Waals surface area contributed by atoms with Gasteiger partial charge in [0, 0.05) is 42.8 Å². The van der Waals surface area contributed by atoms with Crippen LogP contribution in [0, 0.1) is 5.92 Å². The molecule has 0 saturated carbocycles. The van der Waals surface area contributed by atoms with Crippen molar-refractivity contribution in [3.8, 4) is 0 Å². The van der Waals surface area contributed by atoms with E-state index >= 15 is 0 Å². The average molecular weight is 403 g/mol. The van der Waals surface area contributed by atoms with Crippen molar-refractivity contribution in [3.63, 3.8) is 0 Å². The second-order valence-electron chi connectivity index (χ2n) is 5.81. The Balaban J connectivity index is 0.00000192. The highest BCUT2D eigenvalue weighted by molar-refractivity contribution is 9.10. The summed E-state index contributed by atoms with van der Waals surface area (Å²) in [4.78, 5) is 28.5. The van der Waals surface area contributed by atoms with Crippen molar-refractivity contribution in [1.82, 2.24) is 15.1 Å². The van der Waals surface area contributed by atoms with E-state index in [-0.39, 0.29) is 30.1 Å². The molecule has 0 bridgehead atoms. The first kappa shape index (κ1) is 18.2. The predicted octanol–water partition coefficient (Wildman–Crippen LogP) is 1.76. The molecule has 2 fully saturated rings. The van der Waals surface area contributed by atoms with Crippen LogP contribution in [0.15, 0.2) is 28.7 Å². The van der Waals surface area contributed by atoms with Crippen LogP contribution in [0.5, 0.6) is 0 Å². The molecule has 126 valence electrons. The minimum Gasteiger partial charge on any atom is -0.339 e. The molecule has 7 heteroatoms. The number of rotatable bonds is 2. The topological polar surface area (TPSA) is 52.7 Å². The molecule has 1 aromatic rings. The van der Waals surface area contributed by atoms with Gasteiger partial charge >= 0.3 is 0 Å². The first-order valence-corrected chi connectivity index (χ1v) is 8.49. The van der Waals surface area contributed by atoms with Crippen LogP contribution >= 0.6 is 28.3 Å². The molecule has 2 amide bonds. The summed E-state index contributed by atoms with van der Waals surface area (Å²) in [6, 6.07) is 7.41. The lowest BCUT2D eigenvalue weighted by Gasteiger charge is -2.36. The molecule has 3 rings (SSSR count). The van der Waals surface area contributed by atoms with Gasteiger partial charge in [-0.25, -0.2) is 0 Å². The Morgan fingerprint density at radius 1 is 1.04 bits per heavy atom. The van der Waals surface area contributed by atoms with E-state index in [1.54, 1.807) is 0 Å². The fraction of sp³-hybridized carbons (Fsp3) is 0.500. The molecule has 1 atom stereocenters. The maximum atomic E-state index is 12.4. The zero-order valence-electron chi connectivity index (χ0n) is 12.8. The molecular formula is C16H21BrClN3O2. The summed E-state index contributed by atoms with van der Waals surface area (Å²) in [5.74, 6) is 0.400. The maximum Gasteiger partial charge on any atom is 0.253 e. The first-order chi connectivity index (χ1) is 10.6. The maximum absolute atomic E-state index is 12.4. The van der Waals surface area contributed by atoms with Crippen molar-refractivity contribution >= 4 is 40.2 Å². The summed E-state index contributed by atoms with van der Waals surface area (Å²) in [6.07, 6.45) is 0.927. The largest absolute Gasteiger partial charge is 0.339 e. The molecule has 2 aliphatic heterocycles. The number of carbonyl (C=O) groups excluding carboxylic acids is 2. The van der Waals surface area contributed by atoms with Crippen molar-refractivity contribution in [3.05, 3.63) is 34.3 Å². The van der Waals surface area contributed by atoms with Crippen molar-refractivity contribution in [1.29, 1.82) is 0 Å². The first-order valence-electron chi connectivity index (χ1n) is 7.69. The van der Waals surface area contributed by atoms with Gasteiger partial charge in [-0.3, -0.25) is 9.59 Å². The Morgan fingerprint density at radius 2 is 1.65 bits per heavy atom. The van der Waals surface area contributed by atoms with Crippen molar-refractivity contribution in [2.45, 2.75) is 6.42 Å². The van der Waals surface area contributed by atoms with Crippen molar-refractivity contribution < 1.29 is 9.59 Å². The highest BCUT2D eigenvalue weighted by Gasteiger charge is 2.30. The molecule has 2 heterocycles. The lowest BCUT2D eigenvalue weighted by molar-refractivity contribution is -0.136. The Morgan fingerprint density at radius 3 is 2.22 bits per heavy atom. The molecule has 5 nitrogen and oxygen atoms in total. The molecule has 1 aromatic carbocycles. The van der Waals surface area contributed by atoms with E-state index in [9.17, 15) is 9.59 Å². The minimum absolute atomic E-state index is 0. The monoisotopic (exact) mass is 401 g/mol. The Hall–Kier alpha value is -1.11. The van der Waals surface area contributed by atoms with Gasteiger partial charge in [0.2, 0.25) is 5.91 Å². The zero-order chi connectivity index (χ0) is 15.5. The summed E-state index contributed by atoms with van der Waals surface area (Å²) >= 11 is 3.37. The van der Waals surface area contributed by atoms with Gasteiger partial charge in [0.1, 0.15) is 0 Å². The molecule has 1 unspecified atom stereocenters. The number of halogens is 2. The lowest BCUT2D eigenvalue weighted by Crippen LogP contribution is -2.52. The van der Waals surface area contributed by atoms with Gasteiger partial charge in [0.05, 0.1) is 5.92 Å². The highest BCUT2D eigenvalue weighted by atomic mass is 79.9. The minimum atomic E-state index is 0. The SMILES string of the molecule is Cl.O=C(c1ccc(Br)cc1)N1CCN(C(=O)C2CCNC2)CC1. The zero-order valence-corrected chi connectivity index (χ0v) is 15.2. The van der Waals surface area contributed by atoms with Crippen LogP contribution in [0.2, 0.25) is 0 Å². The van der Waals surface area contributed by atoms with E-state index in [1.807, 2.05) is 34.1 Å². The van der Waals surface area contributed by atoms with Gasteiger partial charge in [-0.05, 0) is 37.2 Å². The summed E-state index contributed by atoms with van der Waals surface area (Å²) in [7, 11) is 0. The number of carbonyl (C=O) groups is 2. The number of nitrogens with zero attached hydrogens (tertiary/aromatic N) is 2. The second kappa shape index (κ2) is 8.13. The third-order valence-corrected chi connectivity index (χ3v) is 4.91. The third-order valence-electron chi connectivity index (χ3n) is 4.38. The second-order valence-corrected chi connectivity index (χ2v) is 6.73. The smallest absolute Gasteiger partial charge is 0.253 e. The van der Waals surface area contributed by atoms with Gasteiger partial charge in [-0.2, -0.15) is 0 Å². The Labute approximate surface area is 150 Å². The van der Waals surface area contributed by atoms with E-state index in [4.69, 9.17) is 0 Å². The predicted molar refractivity (Wildman–Crippen MR) is 94.9 cm³/mol. The van der Waals surface area contributed by atoms with Gasteiger partial charge in [-0.1, -0.05) is 15.9 Å². The third kappa shape index (κ3) is 4.25. The van der Waals surface area contributed by atoms with Crippen molar-refractivity contribution in [2.75, 3.05) is 39.3 Å². The molecular weight excluding hydrogens is 382 g/mol. The lowest BCUT2D eigenvalue weighted by atomic mass is 10.1.